The fourth-order valence-electron chi connectivity index (χ4n) is 0.819. The monoisotopic (exact) mass is 261 g/mol. The second-order valence-electron chi connectivity index (χ2n) is 2.76. The van der Waals surface area contributed by atoms with Gasteiger partial charge in [-0.3, -0.25) is 14.7 Å². The van der Waals surface area contributed by atoms with Gasteiger partial charge in [0.2, 0.25) is 15.8 Å². The van der Waals surface area contributed by atoms with Crippen molar-refractivity contribution in [2.75, 3.05) is 0 Å². The first kappa shape index (κ1) is 14.9. The molecule has 0 spiro atoms. The predicted molar refractivity (Wildman–Crippen MR) is 54.9 cm³/mol. The van der Waals surface area contributed by atoms with Crippen LogP contribution in [-0.4, -0.2) is 22.4 Å². The summed E-state index contributed by atoms with van der Waals surface area (Å²) >= 11 is 0. The van der Waals surface area contributed by atoms with Crippen LogP contribution in [0.3, 0.4) is 0 Å². The van der Waals surface area contributed by atoms with Gasteiger partial charge < -0.3 is 4.55 Å². The average molecular weight is 261 g/mol. The zero-order valence-electron chi connectivity index (χ0n) is 8.47. The van der Waals surface area contributed by atoms with Gasteiger partial charge in [0.05, 0.1) is 4.92 Å². The summed E-state index contributed by atoms with van der Waals surface area (Å²) in [4.78, 5) is 12.6. The van der Waals surface area contributed by atoms with Gasteiger partial charge in [-0.15, -0.1) is 0 Å². The highest BCUT2D eigenvalue weighted by Crippen LogP contribution is 2.23. The fourth-order valence-corrected chi connectivity index (χ4v) is 0.819. The maximum absolute atomic E-state index is 10.3. The van der Waals surface area contributed by atoms with Crippen LogP contribution in [-0.2, 0) is 10.4 Å². The van der Waals surface area contributed by atoms with Gasteiger partial charge >= 0.3 is 5.69 Å². The molecule has 1 aromatic carbocycles. The molecule has 17 heavy (non-hydrogen) atoms. The number of aryl methyl sites for hydroxylation is 1. The molecular formula is C7H7N3O6S. The van der Waals surface area contributed by atoms with Crippen LogP contribution < -0.4 is 0 Å². The SMILES string of the molecule is Cc1ccc([N+](=O)[O-])cc1[N+]#N.O=S(=O)([O-])O. The summed E-state index contributed by atoms with van der Waals surface area (Å²) in [6.45, 7) is 1.71. The maximum atomic E-state index is 10.3. The first-order valence-corrected chi connectivity index (χ1v) is 5.30. The minimum absolute atomic E-state index is 0.0756. The van der Waals surface area contributed by atoms with Crippen molar-refractivity contribution >= 4 is 21.8 Å². The molecule has 0 aromatic heterocycles. The molecule has 1 rings (SSSR count). The average Bonchev–Trinajstić information content (AvgIpc) is 2.15. The third-order valence-corrected chi connectivity index (χ3v) is 1.51. The zero-order valence-corrected chi connectivity index (χ0v) is 9.29. The summed E-state index contributed by atoms with van der Waals surface area (Å²) in [5.41, 5.74) is 0.848. The van der Waals surface area contributed by atoms with Crippen molar-refractivity contribution in [2.45, 2.75) is 6.92 Å². The number of rotatable bonds is 1. The Kier molecular flexibility index (Phi) is 5.13. The number of nitro groups is 1. The summed E-state index contributed by atoms with van der Waals surface area (Å²) in [6.07, 6.45) is 0. The molecule has 0 atom stereocenters. The molecule has 0 saturated carbocycles. The molecule has 9 nitrogen and oxygen atoms in total. The molecule has 0 saturated heterocycles. The lowest BCUT2D eigenvalue weighted by atomic mass is 10.2. The van der Waals surface area contributed by atoms with E-state index in [-0.39, 0.29) is 11.4 Å². The van der Waals surface area contributed by atoms with E-state index < -0.39 is 15.3 Å². The van der Waals surface area contributed by atoms with Crippen LogP contribution in [0, 0.1) is 22.4 Å². The Bertz CT molecular complexity index is 553. The summed E-state index contributed by atoms with van der Waals surface area (Å²) in [5.74, 6) is 0. The Morgan fingerprint density at radius 2 is 1.94 bits per heavy atom. The number of hydrogen-bond donors (Lipinski definition) is 1. The second-order valence-corrected chi connectivity index (χ2v) is 3.61. The summed E-state index contributed by atoms with van der Waals surface area (Å²) in [6, 6.07) is 4.12. The first-order chi connectivity index (χ1) is 7.65. The molecule has 0 amide bonds. The molecule has 0 fully saturated rings. The Morgan fingerprint density at radius 1 is 1.47 bits per heavy atom. The number of nitro benzene ring substituents is 1. The highest BCUT2D eigenvalue weighted by molar-refractivity contribution is 7.79. The zero-order chi connectivity index (χ0) is 13.6. The molecule has 92 valence electrons. The topological polar surface area (TPSA) is 149 Å². The van der Waals surface area contributed by atoms with Crippen LogP contribution in [0.5, 0.6) is 0 Å². The standard InChI is InChI=1S/C7H6N3O2.H2O4S/c1-5-2-3-6(10(11)12)4-7(5)9-8;1-5(2,3)4/h2-4H,1H3;(H2,1,2,3,4)/q+1;/p-1. The summed E-state index contributed by atoms with van der Waals surface area (Å²) < 4.78 is 32.8. The van der Waals surface area contributed by atoms with Crippen LogP contribution in [0.25, 0.3) is 4.98 Å². The van der Waals surface area contributed by atoms with E-state index in [1.54, 1.807) is 6.92 Å². The van der Waals surface area contributed by atoms with E-state index in [1.807, 2.05) is 0 Å². The normalized spacial score (nSPS) is 9.76. The molecule has 0 bridgehead atoms. The van der Waals surface area contributed by atoms with Crippen molar-refractivity contribution < 1.29 is 22.4 Å². The van der Waals surface area contributed by atoms with Crippen LogP contribution >= 0.6 is 0 Å². The van der Waals surface area contributed by atoms with Gasteiger partial charge in [0, 0.05) is 11.6 Å². The van der Waals surface area contributed by atoms with Crippen LogP contribution in [0.4, 0.5) is 11.4 Å². The van der Waals surface area contributed by atoms with Crippen molar-refractivity contribution in [3.8, 4) is 0 Å². The number of nitrogens with zero attached hydrogens (tertiary/aromatic N) is 3. The van der Waals surface area contributed by atoms with E-state index in [1.165, 1.54) is 18.2 Å². The van der Waals surface area contributed by atoms with E-state index >= 15 is 0 Å². The van der Waals surface area contributed by atoms with E-state index in [0.29, 0.717) is 5.56 Å². The van der Waals surface area contributed by atoms with Crippen molar-refractivity contribution in [3.63, 3.8) is 0 Å². The molecule has 0 heterocycles. The highest BCUT2D eigenvalue weighted by Gasteiger charge is 2.15. The molecule has 1 aromatic rings. The lowest BCUT2D eigenvalue weighted by Gasteiger charge is -1.88. The molecular weight excluding hydrogens is 254 g/mol. The minimum atomic E-state index is -4.92. The molecule has 0 radical (unpaired) electrons. The van der Waals surface area contributed by atoms with E-state index in [0.717, 1.165) is 0 Å². The molecule has 0 aliphatic carbocycles. The maximum Gasteiger partial charge on any atom is 0.394 e. The molecule has 1 N–H and O–H groups in total. The minimum Gasteiger partial charge on any atom is -0.726 e. The van der Waals surface area contributed by atoms with E-state index in [9.17, 15) is 10.1 Å². The number of benzene rings is 1. The molecule has 0 aliphatic rings. The van der Waals surface area contributed by atoms with Gasteiger partial charge in [-0.25, -0.2) is 8.42 Å². The quantitative estimate of drug-likeness (QED) is 0.264. The number of hydrogen-bond acceptors (Lipinski definition) is 6. The van der Waals surface area contributed by atoms with E-state index in [2.05, 4.69) is 4.98 Å². The van der Waals surface area contributed by atoms with Crippen molar-refractivity contribution in [1.82, 2.24) is 0 Å². The van der Waals surface area contributed by atoms with Crippen LogP contribution in [0.1, 0.15) is 5.56 Å². The number of non-ortho nitro benzene ring substituents is 1. The third kappa shape index (κ3) is 6.90. The summed E-state index contributed by atoms with van der Waals surface area (Å²) in [7, 11) is -4.92. The summed E-state index contributed by atoms with van der Waals surface area (Å²) in [5, 5.41) is 18.7. The van der Waals surface area contributed by atoms with Gasteiger partial charge in [-0.05, 0) is 13.0 Å². The van der Waals surface area contributed by atoms with Gasteiger partial charge in [0.1, 0.15) is 6.07 Å². The van der Waals surface area contributed by atoms with Gasteiger partial charge in [-0.2, -0.15) is 0 Å². The highest BCUT2D eigenvalue weighted by atomic mass is 32.3. The largest absolute Gasteiger partial charge is 0.726 e. The Balaban J connectivity index is 0.000000437. The lowest BCUT2D eigenvalue weighted by molar-refractivity contribution is -0.384. The van der Waals surface area contributed by atoms with Gasteiger partial charge in [0.15, 0.2) is 4.98 Å². The van der Waals surface area contributed by atoms with Crippen LogP contribution in [0.15, 0.2) is 18.2 Å². The van der Waals surface area contributed by atoms with Crippen molar-refractivity contribution in [1.29, 1.82) is 5.39 Å². The smallest absolute Gasteiger partial charge is 0.394 e. The first-order valence-electron chi connectivity index (χ1n) is 3.93. The van der Waals surface area contributed by atoms with Crippen molar-refractivity contribution in [3.05, 3.63) is 38.9 Å². The fraction of sp³-hybridized carbons (Fsp3) is 0.143. The molecule has 0 aliphatic heterocycles. The Hall–Kier alpha value is -2.09. The second kappa shape index (κ2) is 5.85. The third-order valence-electron chi connectivity index (χ3n) is 1.51. The Labute approximate surface area is 96.0 Å². The molecule has 0 unspecified atom stereocenters. The van der Waals surface area contributed by atoms with Gasteiger partial charge in [0.25, 0.3) is 5.69 Å². The van der Waals surface area contributed by atoms with E-state index in [4.69, 9.17) is 22.9 Å². The molecule has 10 heteroatoms. The Morgan fingerprint density at radius 3 is 2.29 bits per heavy atom. The lowest BCUT2D eigenvalue weighted by Crippen LogP contribution is -1.90. The van der Waals surface area contributed by atoms with Gasteiger partial charge in [-0.1, -0.05) is 0 Å². The van der Waals surface area contributed by atoms with Crippen LogP contribution in [0.2, 0.25) is 0 Å². The predicted octanol–water partition coefficient (Wildman–Crippen LogP) is 1.39. The van der Waals surface area contributed by atoms with Crippen molar-refractivity contribution in [2.24, 2.45) is 0 Å². The number of diazo groups is 1.